The Morgan fingerprint density at radius 1 is 0.818 bits per heavy atom. The lowest BCUT2D eigenvalue weighted by atomic mass is 10.1. The third kappa shape index (κ3) is 23.0. The predicted molar refractivity (Wildman–Crippen MR) is 132 cm³/mol. The van der Waals surface area contributed by atoms with E-state index >= 15 is 0 Å². The summed E-state index contributed by atoms with van der Waals surface area (Å²) in [5, 5.41) is 0. The SMILES string of the molecule is CCCCCCCCCCOCC(COP(=O)(O)OCC[N+](C)(C)C)OC(=O)CCCCC. The van der Waals surface area contributed by atoms with E-state index in [0.29, 0.717) is 24.1 Å². The van der Waals surface area contributed by atoms with Gasteiger partial charge in [0.25, 0.3) is 0 Å². The molecule has 0 aromatic carbocycles. The van der Waals surface area contributed by atoms with Gasteiger partial charge >= 0.3 is 13.8 Å². The molecule has 0 aromatic heterocycles. The normalized spacial score (nSPS) is 14.7. The number of carbonyl (C=O) groups excluding carboxylic acids is 1. The van der Waals surface area contributed by atoms with Gasteiger partial charge in [-0.25, -0.2) is 4.57 Å². The molecule has 0 fully saturated rings. The fourth-order valence-corrected chi connectivity index (χ4v) is 3.82. The molecular weight excluding hydrogens is 445 g/mol. The van der Waals surface area contributed by atoms with Crippen LogP contribution in [0.2, 0.25) is 0 Å². The number of hydrogen-bond acceptors (Lipinski definition) is 6. The highest BCUT2D eigenvalue weighted by molar-refractivity contribution is 7.47. The Bertz CT molecular complexity index is 525. The van der Waals surface area contributed by atoms with Gasteiger partial charge in [0.2, 0.25) is 0 Å². The van der Waals surface area contributed by atoms with E-state index in [1.807, 2.05) is 21.1 Å². The fourth-order valence-electron chi connectivity index (χ4n) is 3.08. The Balaban J connectivity index is 4.34. The van der Waals surface area contributed by atoms with Gasteiger partial charge in [-0.3, -0.25) is 13.8 Å². The zero-order chi connectivity index (χ0) is 25.0. The largest absolute Gasteiger partial charge is 0.472 e. The maximum absolute atomic E-state index is 12.2. The van der Waals surface area contributed by atoms with E-state index in [0.717, 1.165) is 32.1 Å². The van der Waals surface area contributed by atoms with Gasteiger partial charge in [0.1, 0.15) is 19.3 Å². The zero-order valence-electron chi connectivity index (χ0n) is 21.9. The summed E-state index contributed by atoms with van der Waals surface area (Å²) in [6.07, 6.45) is 12.0. The van der Waals surface area contributed by atoms with E-state index in [1.54, 1.807) is 0 Å². The van der Waals surface area contributed by atoms with Crippen molar-refractivity contribution in [1.29, 1.82) is 0 Å². The van der Waals surface area contributed by atoms with Crippen molar-refractivity contribution in [3.05, 3.63) is 0 Å². The molecule has 0 amide bonds. The highest BCUT2D eigenvalue weighted by Crippen LogP contribution is 2.43. The van der Waals surface area contributed by atoms with Crippen LogP contribution in [-0.4, -0.2) is 75.6 Å². The lowest BCUT2D eigenvalue weighted by Crippen LogP contribution is -2.37. The van der Waals surface area contributed by atoms with Crippen LogP contribution < -0.4 is 0 Å². The van der Waals surface area contributed by atoms with Crippen LogP contribution in [-0.2, 0) is 27.9 Å². The molecule has 0 heterocycles. The first-order valence-corrected chi connectivity index (χ1v) is 14.3. The number of unbranched alkanes of at least 4 members (excludes halogenated alkanes) is 9. The number of phosphoric ester groups is 1. The molecule has 0 bridgehead atoms. The van der Waals surface area contributed by atoms with Gasteiger partial charge in [0, 0.05) is 13.0 Å². The Morgan fingerprint density at radius 2 is 1.39 bits per heavy atom. The van der Waals surface area contributed by atoms with Gasteiger partial charge in [-0.2, -0.15) is 0 Å². The summed E-state index contributed by atoms with van der Waals surface area (Å²) in [7, 11) is 1.66. The number of carbonyl (C=O) groups is 1. The number of nitrogens with zero attached hydrogens (tertiary/aromatic N) is 1. The van der Waals surface area contributed by atoms with E-state index < -0.39 is 13.9 Å². The summed E-state index contributed by atoms with van der Waals surface area (Å²) in [5.41, 5.74) is 0. The van der Waals surface area contributed by atoms with E-state index in [-0.39, 0.29) is 25.8 Å². The van der Waals surface area contributed by atoms with Crippen LogP contribution in [0.4, 0.5) is 0 Å². The molecule has 0 radical (unpaired) electrons. The standard InChI is InChI=1S/C24H50NO7P/c1-6-8-10-11-12-13-14-16-19-29-21-23(32-24(26)17-15-9-7-2)22-31-33(27,28)30-20-18-25(3,4)5/h23H,6-22H2,1-5H3/p+1. The summed E-state index contributed by atoms with van der Waals surface area (Å²) in [5.74, 6) is -0.341. The molecule has 198 valence electrons. The lowest BCUT2D eigenvalue weighted by Gasteiger charge is -2.24. The maximum atomic E-state index is 12.2. The molecule has 0 saturated carbocycles. The minimum absolute atomic E-state index is 0.0910. The second-order valence-corrected chi connectivity index (χ2v) is 11.2. The van der Waals surface area contributed by atoms with Crippen LogP contribution in [0.1, 0.15) is 90.9 Å². The van der Waals surface area contributed by atoms with Crippen molar-refractivity contribution in [2.45, 2.75) is 97.0 Å². The van der Waals surface area contributed by atoms with Crippen molar-refractivity contribution in [3.8, 4) is 0 Å². The Kier molecular flexibility index (Phi) is 19.5. The third-order valence-electron chi connectivity index (χ3n) is 5.17. The van der Waals surface area contributed by atoms with Crippen molar-refractivity contribution < 1.29 is 37.3 Å². The third-order valence-corrected chi connectivity index (χ3v) is 6.15. The summed E-state index contributed by atoms with van der Waals surface area (Å²) in [4.78, 5) is 22.1. The molecule has 0 rings (SSSR count). The summed E-state index contributed by atoms with van der Waals surface area (Å²) in [6.45, 7) is 5.40. The van der Waals surface area contributed by atoms with Crippen molar-refractivity contribution >= 4 is 13.8 Å². The second kappa shape index (κ2) is 19.8. The van der Waals surface area contributed by atoms with Gasteiger partial charge in [-0.15, -0.1) is 0 Å². The molecule has 33 heavy (non-hydrogen) atoms. The Labute approximate surface area is 202 Å². The van der Waals surface area contributed by atoms with Crippen LogP contribution in [0.3, 0.4) is 0 Å². The number of hydrogen-bond donors (Lipinski definition) is 1. The molecule has 8 nitrogen and oxygen atoms in total. The number of likely N-dealkylation sites (N-methyl/N-ethyl adjacent to an activating group) is 1. The fraction of sp³-hybridized carbons (Fsp3) is 0.958. The van der Waals surface area contributed by atoms with Crippen molar-refractivity contribution in [2.24, 2.45) is 0 Å². The maximum Gasteiger partial charge on any atom is 0.472 e. The summed E-state index contributed by atoms with van der Waals surface area (Å²) < 4.78 is 34.0. The van der Waals surface area contributed by atoms with E-state index in [9.17, 15) is 14.3 Å². The minimum atomic E-state index is -4.22. The summed E-state index contributed by atoms with van der Waals surface area (Å²) in [6, 6.07) is 0. The van der Waals surface area contributed by atoms with Crippen molar-refractivity contribution in [2.75, 3.05) is 54.1 Å². The second-order valence-electron chi connectivity index (χ2n) is 9.73. The highest BCUT2D eigenvalue weighted by Gasteiger charge is 2.26. The molecule has 0 aromatic rings. The van der Waals surface area contributed by atoms with Gasteiger partial charge < -0.3 is 18.9 Å². The molecular formula is C24H51NO7P+. The first kappa shape index (κ1) is 32.5. The van der Waals surface area contributed by atoms with Crippen LogP contribution >= 0.6 is 7.82 Å². The van der Waals surface area contributed by atoms with Crippen LogP contribution in [0.25, 0.3) is 0 Å². The van der Waals surface area contributed by atoms with Gasteiger partial charge in [0.05, 0.1) is 34.4 Å². The zero-order valence-corrected chi connectivity index (χ0v) is 22.8. The van der Waals surface area contributed by atoms with Crippen LogP contribution in [0.15, 0.2) is 0 Å². The molecule has 0 aliphatic carbocycles. The topological polar surface area (TPSA) is 91.3 Å². The molecule has 0 spiro atoms. The van der Waals surface area contributed by atoms with Crippen molar-refractivity contribution in [3.63, 3.8) is 0 Å². The first-order chi connectivity index (χ1) is 15.6. The molecule has 0 aliphatic rings. The van der Waals surface area contributed by atoms with E-state index in [4.69, 9.17) is 18.5 Å². The number of phosphoric acid groups is 1. The Hall–Kier alpha value is -0.500. The molecule has 1 N–H and O–H groups in total. The van der Waals surface area contributed by atoms with Crippen LogP contribution in [0.5, 0.6) is 0 Å². The van der Waals surface area contributed by atoms with Crippen molar-refractivity contribution in [1.82, 2.24) is 0 Å². The summed E-state index contributed by atoms with van der Waals surface area (Å²) >= 11 is 0. The highest BCUT2D eigenvalue weighted by atomic mass is 31.2. The average Bonchev–Trinajstić information content (AvgIpc) is 2.72. The number of esters is 1. The molecule has 0 aliphatic heterocycles. The van der Waals surface area contributed by atoms with Gasteiger partial charge in [-0.1, -0.05) is 71.6 Å². The lowest BCUT2D eigenvalue weighted by molar-refractivity contribution is -0.870. The van der Waals surface area contributed by atoms with E-state index in [1.165, 1.54) is 38.5 Å². The molecule has 9 heteroatoms. The molecule has 2 atom stereocenters. The Morgan fingerprint density at radius 3 is 2.00 bits per heavy atom. The van der Waals surface area contributed by atoms with E-state index in [2.05, 4.69) is 13.8 Å². The monoisotopic (exact) mass is 496 g/mol. The quantitative estimate of drug-likeness (QED) is 0.0867. The number of ether oxygens (including phenoxy) is 2. The van der Waals surface area contributed by atoms with Gasteiger partial charge in [0.15, 0.2) is 0 Å². The minimum Gasteiger partial charge on any atom is -0.457 e. The molecule has 0 saturated heterocycles. The molecule has 2 unspecified atom stereocenters. The van der Waals surface area contributed by atoms with Gasteiger partial charge in [-0.05, 0) is 12.8 Å². The van der Waals surface area contributed by atoms with Crippen LogP contribution in [0, 0.1) is 0 Å². The smallest absolute Gasteiger partial charge is 0.457 e. The average molecular weight is 497 g/mol. The number of quaternary nitrogens is 1. The number of rotatable bonds is 23. The first-order valence-electron chi connectivity index (χ1n) is 12.8. The predicted octanol–water partition coefficient (Wildman–Crippen LogP) is 5.48.